The van der Waals surface area contributed by atoms with Crippen LogP contribution in [0.2, 0.25) is 0 Å². The van der Waals surface area contributed by atoms with Gasteiger partial charge in [-0.3, -0.25) is 4.79 Å². The minimum absolute atomic E-state index is 0.00494. The molecule has 0 aliphatic carbocycles. The molecule has 2 heterocycles. The van der Waals surface area contributed by atoms with E-state index >= 15 is 0 Å². The van der Waals surface area contributed by atoms with Crippen LogP contribution < -0.4 is 10.6 Å². The number of likely N-dealkylation sites (tertiary alicyclic amines) is 1. The fourth-order valence-electron chi connectivity index (χ4n) is 2.93. The molecule has 0 aromatic heterocycles. The van der Waals surface area contributed by atoms with Crippen molar-refractivity contribution in [2.45, 2.75) is 31.3 Å². The molecule has 0 saturated carbocycles. The maximum absolute atomic E-state index is 12.3. The Morgan fingerprint density at radius 3 is 3.00 bits per heavy atom. The smallest absolute Gasteiger partial charge is 0.326 e. The van der Waals surface area contributed by atoms with Gasteiger partial charge in [0, 0.05) is 13.1 Å². The first-order valence-electron chi connectivity index (χ1n) is 7.11. The second-order valence-electron chi connectivity index (χ2n) is 5.38. The van der Waals surface area contributed by atoms with Gasteiger partial charge in [-0.05, 0) is 31.3 Å². The minimum atomic E-state index is -1.02. The minimum Gasteiger partial charge on any atom is -0.480 e. The van der Waals surface area contributed by atoms with E-state index < -0.39 is 12.0 Å². The van der Waals surface area contributed by atoms with E-state index in [1.807, 2.05) is 6.26 Å². The number of carbonyl (C=O) groups is 3. The van der Waals surface area contributed by atoms with Gasteiger partial charge in [0.05, 0.1) is 12.0 Å². The topological polar surface area (TPSA) is 98.7 Å². The van der Waals surface area contributed by atoms with E-state index in [1.54, 1.807) is 16.7 Å². The number of rotatable bonds is 5. The zero-order chi connectivity index (χ0) is 15.4. The van der Waals surface area contributed by atoms with Gasteiger partial charge in [-0.1, -0.05) is 0 Å². The number of nitrogens with one attached hydrogen (secondary N) is 2. The summed E-state index contributed by atoms with van der Waals surface area (Å²) < 4.78 is 0. The molecule has 118 valence electrons. The van der Waals surface area contributed by atoms with E-state index in [1.165, 1.54) is 0 Å². The third kappa shape index (κ3) is 3.61. The summed E-state index contributed by atoms with van der Waals surface area (Å²) in [5.74, 6) is -0.510. The summed E-state index contributed by atoms with van der Waals surface area (Å²) >= 11 is 1.54. The van der Waals surface area contributed by atoms with Gasteiger partial charge < -0.3 is 20.6 Å². The molecule has 2 fully saturated rings. The van der Waals surface area contributed by atoms with Crippen molar-refractivity contribution in [2.75, 3.05) is 25.1 Å². The lowest BCUT2D eigenvalue weighted by atomic mass is 9.92. The predicted molar refractivity (Wildman–Crippen MR) is 79.2 cm³/mol. The molecule has 3 N–H and O–H groups in total. The molecule has 7 nitrogen and oxygen atoms in total. The highest BCUT2D eigenvalue weighted by molar-refractivity contribution is 7.98. The highest BCUT2D eigenvalue weighted by atomic mass is 32.2. The Bertz CT molecular complexity index is 432. The van der Waals surface area contributed by atoms with Crippen molar-refractivity contribution in [3.8, 4) is 0 Å². The van der Waals surface area contributed by atoms with Gasteiger partial charge in [0.15, 0.2) is 0 Å². The number of urea groups is 1. The summed E-state index contributed by atoms with van der Waals surface area (Å²) in [6.07, 6.45) is 3.84. The maximum Gasteiger partial charge on any atom is 0.326 e. The largest absolute Gasteiger partial charge is 0.480 e. The number of hydrogen-bond donors (Lipinski definition) is 3. The highest BCUT2D eigenvalue weighted by Crippen LogP contribution is 2.27. The van der Waals surface area contributed by atoms with Crippen LogP contribution in [0.25, 0.3) is 0 Å². The Balaban J connectivity index is 1.98. The summed E-state index contributed by atoms with van der Waals surface area (Å²) in [5.41, 5.74) is 0. The van der Waals surface area contributed by atoms with Crippen molar-refractivity contribution in [3.63, 3.8) is 0 Å². The van der Waals surface area contributed by atoms with Crippen molar-refractivity contribution in [1.82, 2.24) is 15.5 Å². The summed E-state index contributed by atoms with van der Waals surface area (Å²) in [7, 11) is 0. The van der Waals surface area contributed by atoms with Crippen LogP contribution in [-0.4, -0.2) is 65.1 Å². The van der Waals surface area contributed by atoms with Gasteiger partial charge in [0.2, 0.25) is 5.91 Å². The number of carboxylic acid groups (broad SMARTS) is 1. The zero-order valence-corrected chi connectivity index (χ0v) is 12.8. The first-order valence-corrected chi connectivity index (χ1v) is 8.50. The fourth-order valence-corrected chi connectivity index (χ4v) is 3.40. The number of amides is 3. The summed E-state index contributed by atoms with van der Waals surface area (Å²) in [4.78, 5) is 36.8. The Labute approximate surface area is 127 Å². The van der Waals surface area contributed by atoms with Gasteiger partial charge in [-0.2, -0.15) is 11.8 Å². The van der Waals surface area contributed by atoms with Gasteiger partial charge in [-0.25, -0.2) is 9.59 Å². The van der Waals surface area contributed by atoms with Crippen LogP contribution in [0.5, 0.6) is 0 Å². The van der Waals surface area contributed by atoms with Crippen LogP contribution in [-0.2, 0) is 9.59 Å². The average Bonchev–Trinajstić information content (AvgIpc) is 2.84. The lowest BCUT2D eigenvalue weighted by Gasteiger charge is -2.36. The van der Waals surface area contributed by atoms with Gasteiger partial charge in [0.1, 0.15) is 6.04 Å². The second-order valence-corrected chi connectivity index (χ2v) is 6.36. The number of aliphatic carboxylic acids is 1. The Hall–Kier alpha value is -1.44. The van der Waals surface area contributed by atoms with E-state index in [9.17, 15) is 14.4 Å². The van der Waals surface area contributed by atoms with Crippen LogP contribution in [0.3, 0.4) is 0 Å². The molecule has 0 radical (unpaired) electrons. The number of piperidine rings is 1. The fraction of sp³-hybridized carbons (Fsp3) is 0.769. The van der Waals surface area contributed by atoms with Crippen molar-refractivity contribution in [3.05, 3.63) is 0 Å². The summed E-state index contributed by atoms with van der Waals surface area (Å²) in [6.45, 7) is 1.02. The second kappa shape index (κ2) is 7.02. The molecule has 2 saturated heterocycles. The van der Waals surface area contributed by atoms with E-state index in [2.05, 4.69) is 10.6 Å². The number of nitrogens with zero attached hydrogens (tertiary/aromatic N) is 1. The predicted octanol–water partition coefficient (Wildman–Crippen LogP) is 0.113. The Kier molecular flexibility index (Phi) is 5.33. The number of thioether (sulfide) groups is 1. The van der Waals surface area contributed by atoms with Crippen LogP contribution in [0.1, 0.15) is 19.3 Å². The molecule has 8 heteroatoms. The van der Waals surface area contributed by atoms with Crippen LogP contribution in [0.4, 0.5) is 4.79 Å². The number of carbonyl (C=O) groups excluding carboxylic acids is 2. The zero-order valence-electron chi connectivity index (χ0n) is 12.0. The molecule has 2 unspecified atom stereocenters. The van der Waals surface area contributed by atoms with Gasteiger partial charge >= 0.3 is 12.0 Å². The Morgan fingerprint density at radius 1 is 1.57 bits per heavy atom. The molecule has 21 heavy (non-hydrogen) atoms. The molecule has 0 spiro atoms. The standard InChI is InChI=1S/C13H21N3O4S/c1-21-6-4-9(12(18)19)15-13(20)16-5-2-3-8-10(16)7-14-11(8)17/h8-10H,2-7H2,1H3,(H,14,17)(H,15,20)(H,18,19)/t8?,9-,10?/m0/s1. The molecule has 2 rings (SSSR count). The summed E-state index contributed by atoms with van der Waals surface area (Å²) in [6, 6.07) is -1.41. The van der Waals surface area contributed by atoms with E-state index in [0.717, 1.165) is 12.8 Å². The van der Waals surface area contributed by atoms with Crippen LogP contribution in [0.15, 0.2) is 0 Å². The molecule has 0 aromatic carbocycles. The summed E-state index contributed by atoms with van der Waals surface area (Å²) in [5, 5.41) is 14.5. The highest BCUT2D eigenvalue weighted by Gasteiger charge is 2.43. The molecule has 3 amide bonds. The third-order valence-corrected chi connectivity index (χ3v) is 4.71. The van der Waals surface area contributed by atoms with E-state index in [4.69, 9.17) is 5.11 Å². The van der Waals surface area contributed by atoms with Gasteiger partial charge in [-0.15, -0.1) is 0 Å². The molecular weight excluding hydrogens is 294 g/mol. The number of fused-ring (bicyclic) bond motifs is 1. The molecule has 2 aliphatic heterocycles. The quantitative estimate of drug-likeness (QED) is 0.669. The van der Waals surface area contributed by atoms with Gasteiger partial charge in [0.25, 0.3) is 0 Å². The SMILES string of the molecule is CSCC[C@H](NC(=O)N1CCCC2C(=O)NCC21)C(=O)O. The lowest BCUT2D eigenvalue weighted by Crippen LogP contribution is -2.55. The Morgan fingerprint density at radius 2 is 2.33 bits per heavy atom. The first kappa shape index (κ1) is 15.9. The van der Waals surface area contributed by atoms with Crippen LogP contribution in [0, 0.1) is 5.92 Å². The van der Waals surface area contributed by atoms with Crippen molar-refractivity contribution >= 4 is 29.7 Å². The van der Waals surface area contributed by atoms with Crippen molar-refractivity contribution in [2.24, 2.45) is 5.92 Å². The normalized spacial score (nSPS) is 26.0. The lowest BCUT2D eigenvalue weighted by molar-refractivity contribution is -0.139. The maximum atomic E-state index is 12.3. The molecule has 0 bridgehead atoms. The number of hydrogen-bond acceptors (Lipinski definition) is 4. The monoisotopic (exact) mass is 315 g/mol. The number of carboxylic acids is 1. The average molecular weight is 315 g/mol. The van der Waals surface area contributed by atoms with Crippen molar-refractivity contribution in [1.29, 1.82) is 0 Å². The third-order valence-electron chi connectivity index (χ3n) is 4.07. The van der Waals surface area contributed by atoms with E-state index in [-0.39, 0.29) is 23.9 Å². The first-order chi connectivity index (χ1) is 10.0. The van der Waals surface area contributed by atoms with Crippen molar-refractivity contribution < 1.29 is 19.5 Å². The molecular formula is C13H21N3O4S. The molecule has 3 atom stereocenters. The molecule has 0 aromatic rings. The molecule has 2 aliphatic rings. The van der Waals surface area contributed by atoms with Crippen LogP contribution >= 0.6 is 11.8 Å². The van der Waals surface area contributed by atoms with E-state index in [0.29, 0.717) is 25.3 Å².